The predicted octanol–water partition coefficient (Wildman–Crippen LogP) is 2.32. The van der Waals surface area contributed by atoms with Crippen LogP contribution in [0, 0.1) is 3.70 Å². The number of hydrogen-bond acceptors (Lipinski definition) is 3. The van der Waals surface area contributed by atoms with Crippen molar-refractivity contribution in [2.24, 2.45) is 7.05 Å². The van der Waals surface area contributed by atoms with Crippen LogP contribution in [0.5, 0.6) is 0 Å². The number of halogens is 1. The monoisotopic (exact) mass is 363 g/mol. The first kappa shape index (κ1) is 13.6. The van der Waals surface area contributed by atoms with E-state index in [0.29, 0.717) is 13.1 Å². The molecule has 1 aromatic heterocycles. The Balaban J connectivity index is 2.12. The molecule has 0 spiro atoms. The molecule has 6 heteroatoms. The first-order valence-electron chi connectivity index (χ1n) is 5.96. The van der Waals surface area contributed by atoms with E-state index in [1.807, 2.05) is 32.5 Å². The van der Waals surface area contributed by atoms with Crippen LogP contribution in [0.1, 0.15) is 32.0 Å². The van der Waals surface area contributed by atoms with Crippen molar-refractivity contribution in [2.75, 3.05) is 6.54 Å². The molecule has 0 aromatic carbocycles. The highest BCUT2D eigenvalue weighted by atomic mass is 127. The molecule has 100 valence electrons. The van der Waals surface area contributed by atoms with Crippen LogP contribution in [-0.4, -0.2) is 32.9 Å². The predicted molar refractivity (Wildman–Crippen MR) is 76.3 cm³/mol. The summed E-state index contributed by atoms with van der Waals surface area (Å²) in [5, 5.41) is 4.39. The topological polar surface area (TPSA) is 47.4 Å². The molecule has 0 saturated heterocycles. The van der Waals surface area contributed by atoms with Crippen molar-refractivity contribution in [1.82, 2.24) is 14.7 Å². The highest BCUT2D eigenvalue weighted by molar-refractivity contribution is 14.1. The van der Waals surface area contributed by atoms with Crippen molar-refractivity contribution >= 4 is 28.7 Å². The van der Waals surface area contributed by atoms with Gasteiger partial charge in [0.05, 0.1) is 6.54 Å². The minimum absolute atomic E-state index is 0.243. The molecule has 0 saturated carbocycles. The SMILES string of the molecule is Cn1nc(I)c2c1CCN(C(=O)OC(C)(C)C)C2. The van der Waals surface area contributed by atoms with Crippen molar-refractivity contribution in [1.29, 1.82) is 0 Å². The van der Waals surface area contributed by atoms with E-state index in [0.717, 1.165) is 15.7 Å². The van der Waals surface area contributed by atoms with E-state index in [1.165, 1.54) is 5.69 Å². The second kappa shape index (κ2) is 4.71. The van der Waals surface area contributed by atoms with Crippen molar-refractivity contribution in [3.8, 4) is 0 Å². The summed E-state index contributed by atoms with van der Waals surface area (Å²) in [7, 11) is 1.95. The van der Waals surface area contributed by atoms with Gasteiger partial charge in [0.1, 0.15) is 9.30 Å². The lowest BCUT2D eigenvalue weighted by Gasteiger charge is -2.30. The molecule has 0 aliphatic carbocycles. The smallest absolute Gasteiger partial charge is 0.410 e. The molecule has 2 heterocycles. The van der Waals surface area contributed by atoms with E-state index in [2.05, 4.69) is 27.7 Å². The lowest BCUT2D eigenvalue weighted by molar-refractivity contribution is 0.0222. The Hall–Kier alpha value is -0.790. The molecule has 0 radical (unpaired) electrons. The van der Waals surface area contributed by atoms with Gasteiger partial charge in [0, 0.05) is 31.3 Å². The van der Waals surface area contributed by atoms with Crippen LogP contribution in [0.25, 0.3) is 0 Å². The molecule has 18 heavy (non-hydrogen) atoms. The van der Waals surface area contributed by atoms with Crippen LogP contribution in [-0.2, 0) is 24.8 Å². The third-order valence-electron chi connectivity index (χ3n) is 2.84. The van der Waals surface area contributed by atoms with E-state index in [4.69, 9.17) is 4.74 Å². The molecule has 1 aromatic rings. The Labute approximate surface area is 121 Å². The lowest BCUT2D eigenvalue weighted by atomic mass is 10.1. The second-order valence-electron chi connectivity index (χ2n) is 5.49. The molecule has 0 bridgehead atoms. The molecule has 1 aliphatic heterocycles. The van der Waals surface area contributed by atoms with Crippen LogP contribution >= 0.6 is 22.6 Å². The maximum absolute atomic E-state index is 12.0. The van der Waals surface area contributed by atoms with Gasteiger partial charge in [-0.3, -0.25) is 4.68 Å². The normalized spacial score (nSPS) is 15.5. The number of aryl methyl sites for hydroxylation is 1. The summed E-state index contributed by atoms with van der Waals surface area (Å²) in [6, 6.07) is 0. The van der Waals surface area contributed by atoms with E-state index in [-0.39, 0.29) is 6.09 Å². The van der Waals surface area contributed by atoms with E-state index >= 15 is 0 Å². The van der Waals surface area contributed by atoms with Crippen molar-refractivity contribution in [3.63, 3.8) is 0 Å². The molecule has 0 atom stereocenters. The highest BCUT2D eigenvalue weighted by Gasteiger charge is 2.28. The lowest BCUT2D eigenvalue weighted by Crippen LogP contribution is -2.40. The molecule has 0 fully saturated rings. The van der Waals surface area contributed by atoms with Crippen LogP contribution in [0.4, 0.5) is 4.79 Å². The van der Waals surface area contributed by atoms with E-state index < -0.39 is 5.60 Å². The number of carbonyl (C=O) groups excluding carboxylic acids is 1. The van der Waals surface area contributed by atoms with Gasteiger partial charge < -0.3 is 9.64 Å². The number of ether oxygens (including phenoxy) is 1. The first-order valence-corrected chi connectivity index (χ1v) is 7.04. The summed E-state index contributed by atoms with van der Waals surface area (Å²) >= 11 is 2.22. The number of fused-ring (bicyclic) bond motifs is 1. The van der Waals surface area contributed by atoms with E-state index in [1.54, 1.807) is 4.90 Å². The third kappa shape index (κ3) is 2.78. The summed E-state index contributed by atoms with van der Waals surface area (Å²) in [6.07, 6.45) is 0.592. The van der Waals surface area contributed by atoms with Gasteiger partial charge in [0.25, 0.3) is 0 Å². The first-order chi connectivity index (χ1) is 8.28. The van der Waals surface area contributed by atoms with Gasteiger partial charge in [0.2, 0.25) is 0 Å². The van der Waals surface area contributed by atoms with Gasteiger partial charge >= 0.3 is 6.09 Å². The zero-order valence-corrected chi connectivity index (χ0v) is 13.3. The van der Waals surface area contributed by atoms with Gasteiger partial charge in [-0.25, -0.2) is 4.79 Å². The molecular weight excluding hydrogens is 345 g/mol. The summed E-state index contributed by atoms with van der Waals surface area (Å²) in [6.45, 7) is 6.93. The molecule has 2 rings (SSSR count). The van der Waals surface area contributed by atoms with Crippen LogP contribution in [0.2, 0.25) is 0 Å². The van der Waals surface area contributed by atoms with Gasteiger partial charge in [-0.2, -0.15) is 5.10 Å². The standard InChI is InChI=1S/C12H18IN3O2/c1-12(2,3)18-11(17)16-6-5-9-8(7-16)10(13)14-15(9)4/h5-7H2,1-4H3. The van der Waals surface area contributed by atoms with Gasteiger partial charge in [-0.05, 0) is 43.4 Å². The number of nitrogens with zero attached hydrogens (tertiary/aromatic N) is 3. The maximum atomic E-state index is 12.0. The molecule has 1 amide bonds. The Bertz CT molecular complexity index is 476. The number of hydrogen-bond donors (Lipinski definition) is 0. The molecule has 1 aliphatic rings. The Kier molecular flexibility index (Phi) is 3.57. The fourth-order valence-electron chi connectivity index (χ4n) is 2.03. The average Bonchev–Trinajstić information content (AvgIpc) is 2.52. The van der Waals surface area contributed by atoms with Crippen molar-refractivity contribution in [3.05, 3.63) is 15.0 Å². The number of amides is 1. The van der Waals surface area contributed by atoms with Crippen LogP contribution in [0.3, 0.4) is 0 Å². The summed E-state index contributed by atoms with van der Waals surface area (Å²) in [5.41, 5.74) is 1.92. The summed E-state index contributed by atoms with van der Waals surface area (Å²) in [4.78, 5) is 13.8. The second-order valence-corrected chi connectivity index (χ2v) is 6.51. The fraction of sp³-hybridized carbons (Fsp3) is 0.667. The molecule has 5 nitrogen and oxygen atoms in total. The summed E-state index contributed by atoms with van der Waals surface area (Å²) in [5.74, 6) is 0. The number of aromatic nitrogens is 2. The quantitative estimate of drug-likeness (QED) is 0.665. The highest BCUT2D eigenvalue weighted by Crippen LogP contribution is 2.24. The maximum Gasteiger partial charge on any atom is 0.410 e. The molecular formula is C12H18IN3O2. The Morgan fingerprint density at radius 2 is 2.11 bits per heavy atom. The minimum atomic E-state index is -0.445. The van der Waals surface area contributed by atoms with Gasteiger partial charge in [0.15, 0.2) is 0 Å². The largest absolute Gasteiger partial charge is 0.444 e. The third-order valence-corrected chi connectivity index (χ3v) is 3.71. The molecule has 0 unspecified atom stereocenters. The van der Waals surface area contributed by atoms with Crippen molar-refractivity contribution in [2.45, 2.75) is 39.3 Å². The minimum Gasteiger partial charge on any atom is -0.444 e. The Morgan fingerprint density at radius 3 is 2.72 bits per heavy atom. The van der Waals surface area contributed by atoms with Crippen LogP contribution < -0.4 is 0 Å². The number of carbonyl (C=O) groups is 1. The Morgan fingerprint density at radius 1 is 1.44 bits per heavy atom. The average molecular weight is 363 g/mol. The van der Waals surface area contributed by atoms with Crippen LogP contribution in [0.15, 0.2) is 0 Å². The zero-order chi connectivity index (χ0) is 13.5. The van der Waals surface area contributed by atoms with Gasteiger partial charge in [-0.15, -0.1) is 0 Å². The molecule has 0 N–H and O–H groups in total. The fourth-order valence-corrected chi connectivity index (χ4v) is 2.83. The van der Waals surface area contributed by atoms with Crippen molar-refractivity contribution < 1.29 is 9.53 Å². The summed E-state index contributed by atoms with van der Waals surface area (Å²) < 4.78 is 8.27. The zero-order valence-electron chi connectivity index (χ0n) is 11.2. The van der Waals surface area contributed by atoms with E-state index in [9.17, 15) is 4.79 Å². The van der Waals surface area contributed by atoms with Gasteiger partial charge in [-0.1, -0.05) is 0 Å². The number of rotatable bonds is 0.